The number of hydrogen-bond donors (Lipinski definition) is 1. The van der Waals surface area contributed by atoms with Gasteiger partial charge in [0.15, 0.2) is 5.82 Å². The van der Waals surface area contributed by atoms with E-state index in [-0.39, 0.29) is 6.54 Å². The molecule has 8 nitrogen and oxygen atoms in total. The molecule has 0 atom stereocenters. The molecule has 19 heavy (non-hydrogen) atoms. The van der Waals surface area contributed by atoms with Gasteiger partial charge >= 0.3 is 5.97 Å². The number of nitrogens with zero attached hydrogens (tertiary/aromatic N) is 4. The summed E-state index contributed by atoms with van der Waals surface area (Å²) in [5, 5.41) is 19.7. The Morgan fingerprint density at radius 2 is 2.16 bits per heavy atom. The van der Waals surface area contributed by atoms with Crippen LogP contribution in [-0.2, 0) is 11.3 Å². The number of hydrogen-bond acceptors (Lipinski definition) is 6. The zero-order chi connectivity index (χ0) is 13.8. The normalized spacial score (nSPS) is 10.2. The largest absolute Gasteiger partial charge is 0.497 e. The van der Waals surface area contributed by atoms with E-state index in [9.17, 15) is 4.79 Å². The van der Waals surface area contributed by atoms with Gasteiger partial charge in [-0.3, -0.25) is 4.79 Å². The van der Waals surface area contributed by atoms with Crippen molar-refractivity contribution in [3.63, 3.8) is 0 Å². The van der Waals surface area contributed by atoms with E-state index in [0.717, 1.165) is 0 Å². The Morgan fingerprint density at radius 1 is 1.37 bits per heavy atom. The number of carboxylic acids is 1. The van der Waals surface area contributed by atoms with Gasteiger partial charge < -0.3 is 14.6 Å². The van der Waals surface area contributed by atoms with Crippen LogP contribution >= 0.6 is 0 Å². The lowest BCUT2D eigenvalue weighted by atomic mass is 10.2. The maximum absolute atomic E-state index is 10.7. The predicted octanol–water partition coefficient (Wildman–Crippen LogP) is 0.442. The zero-order valence-corrected chi connectivity index (χ0v) is 10.4. The van der Waals surface area contributed by atoms with Gasteiger partial charge in [-0.2, -0.15) is 0 Å². The summed E-state index contributed by atoms with van der Waals surface area (Å²) in [5.41, 5.74) is 0.592. The van der Waals surface area contributed by atoms with Gasteiger partial charge in [0.1, 0.15) is 18.0 Å². The third-order valence-electron chi connectivity index (χ3n) is 2.47. The molecule has 100 valence electrons. The van der Waals surface area contributed by atoms with Crippen LogP contribution in [0, 0.1) is 0 Å². The zero-order valence-electron chi connectivity index (χ0n) is 10.4. The van der Waals surface area contributed by atoms with Crippen LogP contribution in [0.4, 0.5) is 0 Å². The van der Waals surface area contributed by atoms with E-state index in [1.54, 1.807) is 25.3 Å². The minimum atomic E-state index is -1.03. The molecule has 0 radical (unpaired) electrons. The van der Waals surface area contributed by atoms with Crippen molar-refractivity contribution < 1.29 is 19.4 Å². The van der Waals surface area contributed by atoms with Crippen molar-refractivity contribution in [3.05, 3.63) is 18.2 Å². The quantitative estimate of drug-likeness (QED) is 0.836. The van der Waals surface area contributed by atoms with Crippen molar-refractivity contribution in [1.82, 2.24) is 20.2 Å². The van der Waals surface area contributed by atoms with Crippen LogP contribution in [0.3, 0.4) is 0 Å². The fourth-order valence-corrected chi connectivity index (χ4v) is 1.62. The van der Waals surface area contributed by atoms with E-state index in [4.69, 9.17) is 14.6 Å². The highest BCUT2D eigenvalue weighted by Crippen LogP contribution is 2.31. The van der Waals surface area contributed by atoms with Gasteiger partial charge in [0, 0.05) is 6.07 Å². The number of aliphatic carboxylic acids is 1. The number of methoxy groups -OCH3 is 2. The van der Waals surface area contributed by atoms with E-state index in [1.165, 1.54) is 11.8 Å². The summed E-state index contributed by atoms with van der Waals surface area (Å²) >= 11 is 0. The predicted molar refractivity (Wildman–Crippen MR) is 64.0 cm³/mol. The van der Waals surface area contributed by atoms with Crippen LogP contribution in [0.1, 0.15) is 0 Å². The summed E-state index contributed by atoms with van der Waals surface area (Å²) in [5.74, 6) is 0.418. The summed E-state index contributed by atoms with van der Waals surface area (Å²) in [6, 6.07) is 5.11. The first-order valence-corrected chi connectivity index (χ1v) is 5.36. The first-order chi connectivity index (χ1) is 9.15. The molecule has 0 aliphatic heterocycles. The average Bonchev–Trinajstić information content (AvgIpc) is 2.85. The number of carbonyl (C=O) groups is 1. The third-order valence-corrected chi connectivity index (χ3v) is 2.47. The smallest absolute Gasteiger partial charge is 0.325 e. The number of aromatic nitrogens is 4. The van der Waals surface area contributed by atoms with Crippen molar-refractivity contribution in [3.8, 4) is 22.9 Å². The lowest BCUT2D eigenvalue weighted by molar-refractivity contribution is -0.137. The van der Waals surface area contributed by atoms with E-state index >= 15 is 0 Å². The van der Waals surface area contributed by atoms with Crippen molar-refractivity contribution in [2.75, 3.05) is 14.2 Å². The van der Waals surface area contributed by atoms with Crippen molar-refractivity contribution >= 4 is 5.97 Å². The molecular formula is C11H12N4O4. The molecule has 0 unspecified atom stereocenters. The summed E-state index contributed by atoms with van der Waals surface area (Å²) in [4.78, 5) is 10.7. The molecule has 0 aliphatic rings. The van der Waals surface area contributed by atoms with Crippen LogP contribution in [0.5, 0.6) is 11.5 Å². The Morgan fingerprint density at radius 3 is 2.79 bits per heavy atom. The van der Waals surface area contributed by atoms with Gasteiger partial charge in [-0.1, -0.05) is 0 Å². The van der Waals surface area contributed by atoms with Crippen LogP contribution in [0.2, 0.25) is 0 Å². The van der Waals surface area contributed by atoms with Gasteiger partial charge in [-0.05, 0) is 22.6 Å². The molecule has 8 heteroatoms. The molecule has 0 saturated heterocycles. The van der Waals surface area contributed by atoms with Crippen LogP contribution in [-0.4, -0.2) is 45.5 Å². The summed E-state index contributed by atoms with van der Waals surface area (Å²) in [6.07, 6.45) is 0. The van der Waals surface area contributed by atoms with E-state index in [0.29, 0.717) is 22.9 Å². The molecule has 0 bridgehead atoms. The topological polar surface area (TPSA) is 99.4 Å². The van der Waals surface area contributed by atoms with Gasteiger partial charge in [-0.15, -0.1) is 5.10 Å². The molecule has 0 aliphatic carbocycles. The minimum absolute atomic E-state index is 0.321. The van der Waals surface area contributed by atoms with E-state index in [2.05, 4.69) is 15.5 Å². The van der Waals surface area contributed by atoms with Gasteiger partial charge in [0.2, 0.25) is 0 Å². The second-order valence-electron chi connectivity index (χ2n) is 3.62. The molecule has 1 N–H and O–H groups in total. The average molecular weight is 264 g/mol. The molecule has 0 saturated carbocycles. The SMILES string of the molecule is COc1ccc(-c2nnnn2CC(=O)O)c(OC)c1. The second-order valence-corrected chi connectivity index (χ2v) is 3.62. The van der Waals surface area contributed by atoms with Crippen LogP contribution in [0.25, 0.3) is 11.4 Å². The molecular weight excluding hydrogens is 252 g/mol. The van der Waals surface area contributed by atoms with Crippen molar-refractivity contribution in [2.45, 2.75) is 6.54 Å². The molecule has 1 aromatic heterocycles. The highest BCUT2D eigenvalue weighted by molar-refractivity contribution is 5.69. The molecule has 0 amide bonds. The highest BCUT2D eigenvalue weighted by atomic mass is 16.5. The first-order valence-electron chi connectivity index (χ1n) is 5.36. The monoisotopic (exact) mass is 264 g/mol. The van der Waals surface area contributed by atoms with Crippen molar-refractivity contribution in [1.29, 1.82) is 0 Å². The fraction of sp³-hybridized carbons (Fsp3) is 0.273. The standard InChI is InChI=1S/C11H12N4O4/c1-18-7-3-4-8(9(5-7)19-2)11-12-13-14-15(11)6-10(16)17/h3-5H,6H2,1-2H3,(H,16,17). The number of ether oxygens (including phenoxy) is 2. The third kappa shape index (κ3) is 2.62. The Balaban J connectivity index is 2.46. The lowest BCUT2D eigenvalue weighted by Crippen LogP contribution is -2.12. The number of benzene rings is 1. The molecule has 1 aromatic carbocycles. The Bertz CT molecular complexity index is 596. The van der Waals surface area contributed by atoms with Crippen LogP contribution < -0.4 is 9.47 Å². The number of tetrazole rings is 1. The summed E-state index contributed by atoms with van der Waals surface area (Å²) < 4.78 is 11.5. The van der Waals surface area contributed by atoms with Crippen LogP contribution in [0.15, 0.2) is 18.2 Å². The van der Waals surface area contributed by atoms with Crippen molar-refractivity contribution in [2.24, 2.45) is 0 Å². The minimum Gasteiger partial charge on any atom is -0.497 e. The fourth-order valence-electron chi connectivity index (χ4n) is 1.62. The number of rotatable bonds is 5. The van der Waals surface area contributed by atoms with Gasteiger partial charge in [0.25, 0.3) is 0 Å². The molecule has 1 heterocycles. The Labute approximate surface area is 108 Å². The Hall–Kier alpha value is -2.64. The summed E-state index contributed by atoms with van der Waals surface area (Å²) in [6.45, 7) is -0.322. The first kappa shape index (κ1) is 12.8. The molecule has 2 aromatic rings. The van der Waals surface area contributed by atoms with E-state index < -0.39 is 5.97 Å². The maximum atomic E-state index is 10.7. The highest BCUT2D eigenvalue weighted by Gasteiger charge is 2.16. The second kappa shape index (κ2) is 5.34. The summed E-state index contributed by atoms with van der Waals surface area (Å²) in [7, 11) is 3.05. The molecule has 0 spiro atoms. The van der Waals surface area contributed by atoms with E-state index in [1.807, 2.05) is 0 Å². The maximum Gasteiger partial charge on any atom is 0.325 e. The number of carboxylic acid groups (broad SMARTS) is 1. The molecule has 0 fully saturated rings. The lowest BCUT2D eigenvalue weighted by Gasteiger charge is -2.09. The molecule has 2 rings (SSSR count). The Kier molecular flexibility index (Phi) is 3.60. The van der Waals surface area contributed by atoms with Gasteiger partial charge in [0.05, 0.1) is 19.8 Å². The van der Waals surface area contributed by atoms with Gasteiger partial charge in [-0.25, -0.2) is 4.68 Å².